The number of hydrogen-bond acceptors (Lipinski definition) is 3. The van der Waals surface area contributed by atoms with Gasteiger partial charge < -0.3 is 14.8 Å². The molecule has 0 fully saturated rings. The number of hydrogen-bond donors (Lipinski definition) is 1. The van der Waals surface area contributed by atoms with E-state index in [4.69, 9.17) is 9.47 Å². The number of nitrogens with one attached hydrogen (secondary N) is 1. The molecule has 0 atom stereocenters. The molecule has 4 nitrogen and oxygen atoms in total. The number of methoxy groups -OCH3 is 2. The molecule has 2 rings (SSSR count). The minimum atomic E-state index is -0.155. The Kier molecular flexibility index (Phi) is 4.25. The standard InChI is InChI=1S/C16H17NO3/c1-11-4-6-12(7-5-11)16(18)17-13-8-9-14(19-2)15(10-13)20-3/h4-10H,1-3H3,(H,17,18). The van der Waals surface area contributed by atoms with E-state index in [0.29, 0.717) is 22.7 Å². The summed E-state index contributed by atoms with van der Waals surface area (Å²) in [5, 5.41) is 2.83. The van der Waals surface area contributed by atoms with Gasteiger partial charge in [-0.2, -0.15) is 0 Å². The van der Waals surface area contributed by atoms with Crippen molar-refractivity contribution in [3.05, 3.63) is 53.6 Å². The lowest BCUT2D eigenvalue weighted by atomic mass is 10.1. The summed E-state index contributed by atoms with van der Waals surface area (Å²) in [7, 11) is 3.13. The van der Waals surface area contributed by atoms with Gasteiger partial charge in [0.25, 0.3) is 5.91 Å². The van der Waals surface area contributed by atoms with Crippen LogP contribution in [0.4, 0.5) is 5.69 Å². The molecular formula is C16H17NO3. The third kappa shape index (κ3) is 3.09. The number of carbonyl (C=O) groups is 1. The highest BCUT2D eigenvalue weighted by molar-refractivity contribution is 6.04. The van der Waals surface area contributed by atoms with E-state index in [-0.39, 0.29) is 5.91 Å². The second-order valence-corrected chi connectivity index (χ2v) is 4.39. The lowest BCUT2D eigenvalue weighted by molar-refractivity contribution is 0.102. The summed E-state index contributed by atoms with van der Waals surface area (Å²) < 4.78 is 10.4. The van der Waals surface area contributed by atoms with Crippen LogP contribution < -0.4 is 14.8 Å². The van der Waals surface area contributed by atoms with Crippen LogP contribution >= 0.6 is 0 Å². The number of rotatable bonds is 4. The molecular weight excluding hydrogens is 254 g/mol. The summed E-state index contributed by atoms with van der Waals surface area (Å²) in [6.07, 6.45) is 0. The van der Waals surface area contributed by atoms with Crippen molar-refractivity contribution in [3.63, 3.8) is 0 Å². The number of carbonyl (C=O) groups excluding carboxylic acids is 1. The predicted molar refractivity (Wildman–Crippen MR) is 78.7 cm³/mol. The lowest BCUT2D eigenvalue weighted by Gasteiger charge is -2.10. The van der Waals surface area contributed by atoms with Gasteiger partial charge in [-0.05, 0) is 31.2 Å². The normalized spacial score (nSPS) is 9.95. The van der Waals surface area contributed by atoms with Gasteiger partial charge in [0, 0.05) is 17.3 Å². The van der Waals surface area contributed by atoms with Gasteiger partial charge >= 0.3 is 0 Å². The largest absolute Gasteiger partial charge is 0.493 e. The number of aryl methyl sites for hydroxylation is 1. The minimum Gasteiger partial charge on any atom is -0.493 e. The molecule has 20 heavy (non-hydrogen) atoms. The fraction of sp³-hybridized carbons (Fsp3) is 0.188. The number of amides is 1. The number of benzene rings is 2. The third-order valence-electron chi connectivity index (χ3n) is 2.96. The van der Waals surface area contributed by atoms with Crippen LogP contribution in [0.15, 0.2) is 42.5 Å². The smallest absolute Gasteiger partial charge is 0.255 e. The Bertz CT molecular complexity index is 606. The predicted octanol–water partition coefficient (Wildman–Crippen LogP) is 3.26. The van der Waals surface area contributed by atoms with Crippen LogP contribution in [-0.2, 0) is 0 Å². The van der Waals surface area contributed by atoms with Crippen molar-refractivity contribution >= 4 is 11.6 Å². The molecule has 0 saturated carbocycles. The highest BCUT2D eigenvalue weighted by Crippen LogP contribution is 2.29. The second-order valence-electron chi connectivity index (χ2n) is 4.39. The molecule has 1 N–H and O–H groups in total. The molecule has 0 bridgehead atoms. The molecule has 0 saturated heterocycles. The SMILES string of the molecule is COc1ccc(NC(=O)c2ccc(C)cc2)cc1OC. The first-order chi connectivity index (χ1) is 9.63. The van der Waals surface area contributed by atoms with E-state index in [1.165, 1.54) is 0 Å². The van der Waals surface area contributed by atoms with E-state index in [2.05, 4.69) is 5.32 Å². The Morgan fingerprint density at radius 1 is 0.950 bits per heavy atom. The van der Waals surface area contributed by atoms with Crippen molar-refractivity contribution < 1.29 is 14.3 Å². The highest BCUT2D eigenvalue weighted by Gasteiger charge is 2.08. The summed E-state index contributed by atoms with van der Waals surface area (Å²) in [6.45, 7) is 1.98. The molecule has 2 aromatic carbocycles. The maximum Gasteiger partial charge on any atom is 0.255 e. The summed E-state index contributed by atoms with van der Waals surface area (Å²) in [5.74, 6) is 1.05. The quantitative estimate of drug-likeness (QED) is 0.928. The monoisotopic (exact) mass is 271 g/mol. The van der Waals surface area contributed by atoms with Crippen molar-refractivity contribution in [1.82, 2.24) is 0 Å². The van der Waals surface area contributed by atoms with Crippen LogP contribution in [-0.4, -0.2) is 20.1 Å². The minimum absolute atomic E-state index is 0.155. The summed E-state index contributed by atoms with van der Waals surface area (Å²) >= 11 is 0. The topological polar surface area (TPSA) is 47.6 Å². The molecule has 0 radical (unpaired) electrons. The van der Waals surface area contributed by atoms with Gasteiger partial charge in [0.1, 0.15) is 0 Å². The molecule has 0 aliphatic rings. The average molecular weight is 271 g/mol. The third-order valence-corrected chi connectivity index (χ3v) is 2.96. The number of ether oxygens (including phenoxy) is 2. The maximum absolute atomic E-state index is 12.1. The molecule has 0 aliphatic carbocycles. The molecule has 0 spiro atoms. The molecule has 4 heteroatoms. The molecule has 0 aliphatic heterocycles. The van der Waals surface area contributed by atoms with E-state index < -0.39 is 0 Å². The Labute approximate surface area is 118 Å². The van der Waals surface area contributed by atoms with Crippen molar-refractivity contribution in [1.29, 1.82) is 0 Å². The first kappa shape index (κ1) is 13.9. The van der Waals surface area contributed by atoms with Crippen LogP contribution in [0.25, 0.3) is 0 Å². The molecule has 1 amide bonds. The maximum atomic E-state index is 12.1. The fourth-order valence-electron chi connectivity index (χ4n) is 1.82. The van der Waals surface area contributed by atoms with E-state index in [1.807, 2.05) is 19.1 Å². The van der Waals surface area contributed by atoms with Gasteiger partial charge in [0.15, 0.2) is 11.5 Å². The van der Waals surface area contributed by atoms with Crippen LogP contribution in [0.1, 0.15) is 15.9 Å². The number of anilines is 1. The van der Waals surface area contributed by atoms with Gasteiger partial charge in [-0.15, -0.1) is 0 Å². The van der Waals surface area contributed by atoms with Crippen LogP contribution in [0.3, 0.4) is 0 Å². The van der Waals surface area contributed by atoms with Gasteiger partial charge in [-0.25, -0.2) is 0 Å². The van der Waals surface area contributed by atoms with E-state index in [9.17, 15) is 4.79 Å². The van der Waals surface area contributed by atoms with Crippen molar-refractivity contribution in [3.8, 4) is 11.5 Å². The summed E-state index contributed by atoms with van der Waals surface area (Å²) in [5.41, 5.74) is 2.39. The Morgan fingerprint density at radius 2 is 1.60 bits per heavy atom. The van der Waals surface area contributed by atoms with Gasteiger partial charge in [0.2, 0.25) is 0 Å². The highest BCUT2D eigenvalue weighted by atomic mass is 16.5. The van der Waals surface area contributed by atoms with Gasteiger partial charge in [0.05, 0.1) is 14.2 Å². The van der Waals surface area contributed by atoms with E-state index in [1.54, 1.807) is 44.6 Å². The Balaban J connectivity index is 2.17. The van der Waals surface area contributed by atoms with Crippen molar-refractivity contribution in [2.75, 3.05) is 19.5 Å². The van der Waals surface area contributed by atoms with Crippen molar-refractivity contribution in [2.45, 2.75) is 6.92 Å². The van der Waals surface area contributed by atoms with Crippen LogP contribution in [0.5, 0.6) is 11.5 Å². The van der Waals surface area contributed by atoms with E-state index in [0.717, 1.165) is 5.56 Å². The first-order valence-corrected chi connectivity index (χ1v) is 6.24. The second kappa shape index (κ2) is 6.10. The Morgan fingerprint density at radius 3 is 2.20 bits per heavy atom. The van der Waals surface area contributed by atoms with Crippen molar-refractivity contribution in [2.24, 2.45) is 0 Å². The Hall–Kier alpha value is -2.49. The molecule has 2 aromatic rings. The summed E-state index contributed by atoms with van der Waals surface area (Å²) in [4.78, 5) is 12.1. The van der Waals surface area contributed by atoms with Crippen LogP contribution in [0.2, 0.25) is 0 Å². The molecule has 0 aromatic heterocycles. The molecule has 0 unspecified atom stereocenters. The summed E-state index contributed by atoms with van der Waals surface area (Å²) in [6, 6.07) is 12.7. The zero-order chi connectivity index (χ0) is 14.5. The average Bonchev–Trinajstić information content (AvgIpc) is 2.47. The molecule has 104 valence electrons. The van der Waals surface area contributed by atoms with Gasteiger partial charge in [-0.3, -0.25) is 4.79 Å². The lowest BCUT2D eigenvalue weighted by Crippen LogP contribution is -2.11. The zero-order valence-corrected chi connectivity index (χ0v) is 11.8. The van der Waals surface area contributed by atoms with E-state index >= 15 is 0 Å². The first-order valence-electron chi connectivity index (χ1n) is 6.24. The zero-order valence-electron chi connectivity index (χ0n) is 11.8. The van der Waals surface area contributed by atoms with Crippen LogP contribution in [0, 0.1) is 6.92 Å². The van der Waals surface area contributed by atoms with Gasteiger partial charge in [-0.1, -0.05) is 17.7 Å². The fourth-order valence-corrected chi connectivity index (χ4v) is 1.82. The molecule has 0 heterocycles.